The lowest BCUT2D eigenvalue weighted by Gasteiger charge is -2.16. The first-order valence-electron chi connectivity index (χ1n) is 6.07. The second-order valence-electron chi connectivity index (χ2n) is 4.67. The highest BCUT2D eigenvalue weighted by atomic mass is 79.9. The fourth-order valence-corrected chi connectivity index (χ4v) is 2.91. The van der Waals surface area contributed by atoms with Gasteiger partial charge >= 0.3 is 0 Å². The topological polar surface area (TPSA) is 9.23 Å². The molecule has 19 heavy (non-hydrogen) atoms. The Hall–Kier alpha value is -0.990. The Labute approximate surface area is 127 Å². The molecule has 0 N–H and O–H groups in total. The minimum Gasteiger partial charge on any atom is -0.496 e. The Balaban J connectivity index is 2.48. The fourth-order valence-electron chi connectivity index (χ4n) is 2.24. The molecule has 0 aromatic heterocycles. The van der Waals surface area contributed by atoms with E-state index in [4.69, 9.17) is 16.3 Å². The number of halogens is 2. The van der Waals surface area contributed by atoms with Crippen molar-refractivity contribution in [2.45, 2.75) is 19.2 Å². The highest BCUT2D eigenvalue weighted by molar-refractivity contribution is 9.10. The lowest BCUT2D eigenvalue weighted by molar-refractivity contribution is 0.410. The van der Waals surface area contributed by atoms with Gasteiger partial charge in [0.05, 0.1) is 12.5 Å². The minimum absolute atomic E-state index is 0.217. The summed E-state index contributed by atoms with van der Waals surface area (Å²) >= 11 is 10.1. The molecule has 0 aliphatic heterocycles. The van der Waals surface area contributed by atoms with E-state index in [1.165, 1.54) is 11.1 Å². The molecule has 2 aromatic carbocycles. The molecule has 0 bridgehead atoms. The van der Waals surface area contributed by atoms with E-state index in [2.05, 4.69) is 48.0 Å². The summed E-state index contributed by atoms with van der Waals surface area (Å²) in [4.78, 5) is 0. The zero-order valence-corrected chi connectivity index (χ0v) is 13.5. The largest absolute Gasteiger partial charge is 0.496 e. The number of hydrogen-bond acceptors (Lipinski definition) is 1. The average molecular weight is 340 g/mol. The first kappa shape index (κ1) is 14.4. The Morgan fingerprint density at radius 3 is 2.26 bits per heavy atom. The summed E-state index contributed by atoms with van der Waals surface area (Å²) in [7, 11) is 1.66. The predicted octanol–water partition coefficient (Wildman–Crippen LogP) is 5.40. The first-order valence-corrected chi connectivity index (χ1v) is 7.30. The van der Waals surface area contributed by atoms with Crippen molar-refractivity contribution in [2.24, 2.45) is 0 Å². The van der Waals surface area contributed by atoms with Crippen LogP contribution < -0.4 is 4.74 Å². The van der Waals surface area contributed by atoms with Crippen LogP contribution in [0.2, 0.25) is 0 Å². The van der Waals surface area contributed by atoms with Crippen molar-refractivity contribution in [3.8, 4) is 5.75 Å². The molecule has 0 amide bonds. The molecule has 1 unspecified atom stereocenters. The maximum absolute atomic E-state index is 6.63. The van der Waals surface area contributed by atoms with Gasteiger partial charge in [-0.1, -0.05) is 45.3 Å². The summed E-state index contributed by atoms with van der Waals surface area (Å²) in [6, 6.07) is 12.3. The van der Waals surface area contributed by atoms with Crippen molar-refractivity contribution in [1.82, 2.24) is 0 Å². The van der Waals surface area contributed by atoms with E-state index in [9.17, 15) is 0 Å². The highest BCUT2D eigenvalue weighted by Gasteiger charge is 2.16. The van der Waals surface area contributed by atoms with Gasteiger partial charge in [-0.3, -0.25) is 0 Å². The fraction of sp³-hybridized carbons (Fsp3) is 0.250. The number of methoxy groups -OCH3 is 1. The molecule has 3 heteroatoms. The summed E-state index contributed by atoms with van der Waals surface area (Å²) in [5.74, 6) is 0.808. The van der Waals surface area contributed by atoms with Gasteiger partial charge in [0.1, 0.15) is 5.75 Å². The van der Waals surface area contributed by atoms with Crippen molar-refractivity contribution >= 4 is 27.5 Å². The maximum atomic E-state index is 6.63. The molecule has 2 aromatic rings. The molecule has 100 valence electrons. The van der Waals surface area contributed by atoms with Crippen molar-refractivity contribution in [3.05, 3.63) is 63.1 Å². The number of alkyl halides is 1. The van der Waals surface area contributed by atoms with E-state index in [1.807, 2.05) is 18.2 Å². The number of rotatable bonds is 3. The summed E-state index contributed by atoms with van der Waals surface area (Å²) in [5.41, 5.74) is 4.50. The molecule has 1 nitrogen and oxygen atoms in total. The average Bonchev–Trinajstić information content (AvgIpc) is 2.36. The summed E-state index contributed by atoms with van der Waals surface area (Å²) in [6.07, 6.45) is 0. The zero-order valence-electron chi connectivity index (χ0n) is 11.2. The van der Waals surface area contributed by atoms with Crippen LogP contribution in [0.15, 0.2) is 40.9 Å². The summed E-state index contributed by atoms with van der Waals surface area (Å²) in [5, 5.41) is -0.217. The number of hydrogen-bond donors (Lipinski definition) is 0. The van der Waals surface area contributed by atoms with Crippen molar-refractivity contribution in [3.63, 3.8) is 0 Å². The van der Waals surface area contributed by atoms with Crippen LogP contribution in [0.25, 0.3) is 0 Å². The molecule has 0 spiro atoms. The van der Waals surface area contributed by atoms with Gasteiger partial charge in [0.15, 0.2) is 0 Å². The van der Waals surface area contributed by atoms with Gasteiger partial charge in [-0.05, 0) is 37.6 Å². The van der Waals surface area contributed by atoms with E-state index >= 15 is 0 Å². The number of aryl methyl sites for hydroxylation is 2. The first-order chi connectivity index (χ1) is 9.01. The van der Waals surface area contributed by atoms with Crippen LogP contribution in [0.1, 0.15) is 27.6 Å². The van der Waals surface area contributed by atoms with Gasteiger partial charge in [-0.15, -0.1) is 11.6 Å². The quantitative estimate of drug-likeness (QED) is 0.680. The number of ether oxygens (including phenoxy) is 1. The molecule has 0 aliphatic rings. The molecular formula is C16H16BrClO. The van der Waals surface area contributed by atoms with Crippen LogP contribution in [0.5, 0.6) is 5.75 Å². The van der Waals surface area contributed by atoms with E-state index in [-0.39, 0.29) is 5.38 Å². The van der Waals surface area contributed by atoms with Crippen LogP contribution in [0, 0.1) is 13.8 Å². The van der Waals surface area contributed by atoms with E-state index in [0.29, 0.717) is 0 Å². The Kier molecular flexibility index (Phi) is 4.54. The van der Waals surface area contributed by atoms with Crippen LogP contribution in [0.4, 0.5) is 0 Å². The Morgan fingerprint density at radius 2 is 1.68 bits per heavy atom. The molecule has 1 atom stereocenters. The van der Waals surface area contributed by atoms with E-state index < -0.39 is 0 Å². The molecule has 0 fully saturated rings. The Morgan fingerprint density at radius 1 is 1.05 bits per heavy atom. The standard InChI is InChI=1S/C16H16BrClO/c1-10-6-11(2)8-12(7-10)16(18)14-9-13(17)4-5-15(14)19-3/h4-9,16H,1-3H3. The molecule has 0 saturated carbocycles. The maximum Gasteiger partial charge on any atom is 0.123 e. The second kappa shape index (κ2) is 5.98. The van der Waals surface area contributed by atoms with Crippen molar-refractivity contribution in [1.29, 1.82) is 0 Å². The van der Waals surface area contributed by atoms with Crippen molar-refractivity contribution in [2.75, 3.05) is 7.11 Å². The predicted molar refractivity (Wildman–Crippen MR) is 84.3 cm³/mol. The van der Waals surface area contributed by atoms with Gasteiger partial charge in [-0.2, -0.15) is 0 Å². The van der Waals surface area contributed by atoms with Crippen LogP contribution in [-0.2, 0) is 0 Å². The molecule has 0 aliphatic carbocycles. The molecule has 0 saturated heterocycles. The lowest BCUT2D eigenvalue weighted by atomic mass is 9.99. The van der Waals surface area contributed by atoms with Crippen molar-refractivity contribution < 1.29 is 4.74 Å². The molecular weight excluding hydrogens is 324 g/mol. The molecule has 2 rings (SSSR count). The van der Waals surface area contributed by atoms with Crippen LogP contribution >= 0.6 is 27.5 Å². The van der Waals surface area contributed by atoms with Crippen LogP contribution in [0.3, 0.4) is 0 Å². The third-order valence-electron chi connectivity index (χ3n) is 3.00. The Bertz CT molecular complexity index is 575. The highest BCUT2D eigenvalue weighted by Crippen LogP contribution is 2.37. The monoisotopic (exact) mass is 338 g/mol. The molecule has 0 heterocycles. The normalized spacial score (nSPS) is 12.3. The van der Waals surface area contributed by atoms with Gasteiger partial charge < -0.3 is 4.74 Å². The lowest BCUT2D eigenvalue weighted by Crippen LogP contribution is -1.98. The van der Waals surface area contributed by atoms with Gasteiger partial charge in [0, 0.05) is 10.0 Å². The summed E-state index contributed by atoms with van der Waals surface area (Å²) < 4.78 is 6.40. The van der Waals surface area contributed by atoms with Gasteiger partial charge in [0.25, 0.3) is 0 Å². The van der Waals surface area contributed by atoms with Crippen LogP contribution in [-0.4, -0.2) is 7.11 Å². The smallest absolute Gasteiger partial charge is 0.123 e. The third-order valence-corrected chi connectivity index (χ3v) is 3.98. The van der Waals surface area contributed by atoms with Gasteiger partial charge in [0.2, 0.25) is 0 Å². The SMILES string of the molecule is COc1ccc(Br)cc1C(Cl)c1cc(C)cc(C)c1. The number of benzene rings is 2. The minimum atomic E-state index is -0.217. The van der Waals surface area contributed by atoms with E-state index in [1.54, 1.807) is 7.11 Å². The zero-order chi connectivity index (χ0) is 14.0. The van der Waals surface area contributed by atoms with E-state index in [0.717, 1.165) is 21.3 Å². The molecule has 0 radical (unpaired) electrons. The summed E-state index contributed by atoms with van der Waals surface area (Å²) in [6.45, 7) is 4.16. The third kappa shape index (κ3) is 3.31. The van der Waals surface area contributed by atoms with Gasteiger partial charge in [-0.25, -0.2) is 0 Å². The second-order valence-corrected chi connectivity index (χ2v) is 6.02.